The molecule has 1 aromatic heterocycles. The van der Waals surface area contributed by atoms with Gasteiger partial charge in [-0.1, -0.05) is 43.3 Å². The first-order valence-electron chi connectivity index (χ1n) is 7.91. The Hall–Kier alpha value is -1.69. The molecule has 1 aliphatic heterocycles. The van der Waals surface area contributed by atoms with Gasteiger partial charge in [0.15, 0.2) is 0 Å². The molecule has 5 heteroatoms. The van der Waals surface area contributed by atoms with Crippen LogP contribution < -0.4 is 5.73 Å². The summed E-state index contributed by atoms with van der Waals surface area (Å²) in [6.07, 6.45) is -0.0205. The molecule has 0 radical (unpaired) electrons. The number of morpholine rings is 1. The van der Waals surface area contributed by atoms with Gasteiger partial charge in [-0.3, -0.25) is 4.79 Å². The number of benzene rings is 1. The average Bonchev–Trinajstić information content (AvgIpc) is 3.15. The van der Waals surface area contributed by atoms with Crippen LogP contribution in [0.15, 0.2) is 47.8 Å². The number of carbonyl (C=O) groups excluding carboxylic acids is 1. The molecule has 0 spiro atoms. The van der Waals surface area contributed by atoms with E-state index < -0.39 is 0 Å². The van der Waals surface area contributed by atoms with Gasteiger partial charge in [-0.25, -0.2) is 0 Å². The lowest BCUT2D eigenvalue weighted by Crippen LogP contribution is -2.46. The van der Waals surface area contributed by atoms with Gasteiger partial charge in [0.2, 0.25) is 5.91 Å². The van der Waals surface area contributed by atoms with Crippen molar-refractivity contribution in [2.24, 2.45) is 11.7 Å². The van der Waals surface area contributed by atoms with Gasteiger partial charge in [0, 0.05) is 17.5 Å². The van der Waals surface area contributed by atoms with E-state index in [0.717, 1.165) is 5.56 Å². The van der Waals surface area contributed by atoms with Gasteiger partial charge in [-0.2, -0.15) is 0 Å². The number of thiophene rings is 1. The molecule has 3 rings (SSSR count). The molecule has 0 bridgehead atoms. The zero-order valence-electron chi connectivity index (χ0n) is 13.2. The fraction of sp³-hybridized carbons (Fsp3) is 0.389. The number of carbonyl (C=O) groups is 1. The van der Waals surface area contributed by atoms with Gasteiger partial charge in [0.25, 0.3) is 0 Å². The van der Waals surface area contributed by atoms with Crippen LogP contribution in [-0.4, -0.2) is 30.5 Å². The van der Waals surface area contributed by atoms with E-state index in [-0.39, 0.29) is 24.0 Å². The first kappa shape index (κ1) is 16.2. The zero-order valence-corrected chi connectivity index (χ0v) is 14.0. The second-order valence-electron chi connectivity index (χ2n) is 5.88. The van der Waals surface area contributed by atoms with E-state index in [1.54, 1.807) is 11.3 Å². The molecule has 1 aromatic carbocycles. The van der Waals surface area contributed by atoms with Crippen molar-refractivity contribution in [2.45, 2.75) is 19.1 Å². The molecule has 3 atom stereocenters. The smallest absolute Gasteiger partial charge is 0.227 e. The van der Waals surface area contributed by atoms with Crippen molar-refractivity contribution in [2.75, 3.05) is 19.7 Å². The van der Waals surface area contributed by atoms with E-state index in [1.807, 2.05) is 53.6 Å². The molecule has 0 saturated carbocycles. The Morgan fingerprint density at radius 2 is 2.09 bits per heavy atom. The Bertz CT molecular complexity index is 630. The lowest BCUT2D eigenvalue weighted by atomic mass is 9.94. The fourth-order valence-electron chi connectivity index (χ4n) is 2.90. The fourth-order valence-corrected chi connectivity index (χ4v) is 3.67. The molecule has 23 heavy (non-hydrogen) atoms. The molecule has 1 saturated heterocycles. The van der Waals surface area contributed by atoms with Crippen molar-refractivity contribution in [3.05, 3.63) is 58.3 Å². The second-order valence-corrected chi connectivity index (χ2v) is 6.86. The molecular weight excluding hydrogens is 308 g/mol. The maximum absolute atomic E-state index is 12.8. The van der Waals surface area contributed by atoms with Crippen molar-refractivity contribution in [1.29, 1.82) is 0 Å². The topological polar surface area (TPSA) is 55.6 Å². The summed E-state index contributed by atoms with van der Waals surface area (Å²) < 4.78 is 5.81. The molecule has 1 fully saturated rings. The van der Waals surface area contributed by atoms with Crippen molar-refractivity contribution in [3.8, 4) is 0 Å². The van der Waals surface area contributed by atoms with E-state index in [2.05, 4.69) is 6.07 Å². The van der Waals surface area contributed by atoms with Crippen LogP contribution >= 0.6 is 11.3 Å². The monoisotopic (exact) mass is 330 g/mol. The predicted octanol–water partition coefficient (Wildman–Crippen LogP) is 2.98. The highest BCUT2D eigenvalue weighted by Gasteiger charge is 2.31. The molecule has 3 unspecified atom stereocenters. The second kappa shape index (κ2) is 7.25. The summed E-state index contributed by atoms with van der Waals surface area (Å²) in [5, 5.41) is 2.04. The molecule has 0 aliphatic carbocycles. The van der Waals surface area contributed by atoms with Gasteiger partial charge in [0.1, 0.15) is 6.10 Å². The summed E-state index contributed by atoms with van der Waals surface area (Å²) in [7, 11) is 0. The van der Waals surface area contributed by atoms with Crippen molar-refractivity contribution < 1.29 is 9.53 Å². The summed E-state index contributed by atoms with van der Waals surface area (Å²) in [6.45, 7) is 3.72. The van der Waals surface area contributed by atoms with Gasteiger partial charge >= 0.3 is 0 Å². The quantitative estimate of drug-likeness (QED) is 0.937. The SMILES string of the molecule is CC(C(=O)N1CCOC(c2cccs2)C1)C(N)c1ccccc1. The third kappa shape index (κ3) is 3.63. The summed E-state index contributed by atoms with van der Waals surface area (Å²) in [5.74, 6) is -0.148. The Morgan fingerprint density at radius 3 is 2.78 bits per heavy atom. The van der Waals surface area contributed by atoms with Gasteiger partial charge in [-0.05, 0) is 17.0 Å². The summed E-state index contributed by atoms with van der Waals surface area (Å²) >= 11 is 1.67. The lowest BCUT2D eigenvalue weighted by Gasteiger charge is -2.35. The third-order valence-corrected chi connectivity index (χ3v) is 5.32. The Balaban J connectivity index is 1.67. The summed E-state index contributed by atoms with van der Waals surface area (Å²) in [6, 6.07) is 13.6. The van der Waals surface area contributed by atoms with Crippen molar-refractivity contribution >= 4 is 17.2 Å². The van der Waals surface area contributed by atoms with Crippen LogP contribution in [0, 0.1) is 5.92 Å². The van der Waals surface area contributed by atoms with Gasteiger partial charge < -0.3 is 15.4 Å². The largest absolute Gasteiger partial charge is 0.369 e. The molecule has 2 aromatic rings. The number of hydrogen-bond acceptors (Lipinski definition) is 4. The minimum Gasteiger partial charge on any atom is -0.369 e. The molecule has 2 heterocycles. The lowest BCUT2D eigenvalue weighted by molar-refractivity contribution is -0.143. The molecule has 122 valence electrons. The van der Waals surface area contributed by atoms with Crippen LogP contribution in [0.25, 0.3) is 0 Å². The standard InChI is InChI=1S/C18H22N2O2S/c1-13(17(19)14-6-3-2-4-7-14)18(21)20-9-10-22-15(12-20)16-8-5-11-23-16/h2-8,11,13,15,17H,9-10,12,19H2,1H3. The number of amides is 1. The van der Waals surface area contributed by atoms with Crippen molar-refractivity contribution in [1.82, 2.24) is 4.90 Å². The number of nitrogens with zero attached hydrogens (tertiary/aromatic N) is 1. The third-order valence-electron chi connectivity index (χ3n) is 4.35. The summed E-state index contributed by atoms with van der Waals surface area (Å²) in [4.78, 5) is 15.9. The van der Waals surface area contributed by atoms with E-state index >= 15 is 0 Å². The van der Waals surface area contributed by atoms with E-state index in [4.69, 9.17) is 10.5 Å². The van der Waals surface area contributed by atoms with Crippen LogP contribution in [0.5, 0.6) is 0 Å². The number of hydrogen-bond donors (Lipinski definition) is 1. The Kier molecular flexibility index (Phi) is 5.10. The van der Waals surface area contributed by atoms with Crippen LogP contribution in [0.1, 0.15) is 29.5 Å². The minimum atomic E-state index is -0.285. The minimum absolute atomic E-state index is 0.0205. The molecular formula is C18H22N2O2S. The highest BCUT2D eigenvalue weighted by atomic mass is 32.1. The average molecular weight is 330 g/mol. The zero-order chi connectivity index (χ0) is 16.2. The number of rotatable bonds is 4. The Morgan fingerprint density at radius 1 is 1.30 bits per heavy atom. The van der Waals surface area contributed by atoms with E-state index in [9.17, 15) is 4.79 Å². The van der Waals surface area contributed by atoms with Gasteiger partial charge in [-0.15, -0.1) is 11.3 Å². The van der Waals surface area contributed by atoms with E-state index in [1.165, 1.54) is 4.88 Å². The first-order valence-corrected chi connectivity index (χ1v) is 8.79. The number of ether oxygens (including phenoxy) is 1. The van der Waals surface area contributed by atoms with E-state index in [0.29, 0.717) is 19.7 Å². The maximum Gasteiger partial charge on any atom is 0.227 e. The maximum atomic E-state index is 12.8. The highest BCUT2D eigenvalue weighted by molar-refractivity contribution is 7.10. The van der Waals surface area contributed by atoms with Crippen LogP contribution in [0.3, 0.4) is 0 Å². The van der Waals surface area contributed by atoms with Crippen LogP contribution in [0.4, 0.5) is 0 Å². The molecule has 1 aliphatic rings. The Labute approximate surface area is 140 Å². The normalized spacial score (nSPS) is 21.0. The van der Waals surface area contributed by atoms with Crippen molar-refractivity contribution in [3.63, 3.8) is 0 Å². The predicted molar refractivity (Wildman–Crippen MR) is 92.1 cm³/mol. The van der Waals surface area contributed by atoms with Gasteiger partial charge in [0.05, 0.1) is 19.1 Å². The molecule has 4 nitrogen and oxygen atoms in total. The first-order chi connectivity index (χ1) is 11.2. The highest BCUT2D eigenvalue weighted by Crippen LogP contribution is 2.28. The molecule has 2 N–H and O–H groups in total. The van der Waals surface area contributed by atoms with Crippen LogP contribution in [0.2, 0.25) is 0 Å². The summed E-state index contributed by atoms with van der Waals surface area (Å²) in [5.41, 5.74) is 7.30. The van der Waals surface area contributed by atoms with Crippen LogP contribution in [-0.2, 0) is 9.53 Å². The number of nitrogens with two attached hydrogens (primary N) is 1. The molecule has 1 amide bonds.